The van der Waals surface area contributed by atoms with Crippen LogP contribution in [0, 0.1) is 5.92 Å². The van der Waals surface area contributed by atoms with Crippen molar-refractivity contribution in [2.45, 2.75) is 12.5 Å². The number of likely N-dealkylation sites (tertiary alicyclic amines) is 1. The average Bonchev–Trinajstić information content (AvgIpc) is 3.14. The maximum Gasteiger partial charge on any atom is 0.241 e. The van der Waals surface area contributed by atoms with E-state index in [0.717, 1.165) is 13.0 Å². The summed E-state index contributed by atoms with van der Waals surface area (Å²) < 4.78 is 0. The van der Waals surface area contributed by atoms with Gasteiger partial charge in [0.25, 0.3) is 0 Å². The van der Waals surface area contributed by atoms with E-state index in [1.165, 1.54) is 5.56 Å². The Kier molecular flexibility index (Phi) is 5.40. The first kappa shape index (κ1) is 17.2. The summed E-state index contributed by atoms with van der Waals surface area (Å²) in [4.78, 5) is 34.1. The van der Waals surface area contributed by atoms with Crippen molar-refractivity contribution >= 4 is 23.6 Å². The molecule has 0 saturated carbocycles. The standard InChI is InChI=1S/C17H24N4O2S/c1-19-7-5-14(17(19)13-4-3-6-18-8-13)9-20(2)15(22)10-21-12-24-11-16(21)23/h3-4,6,8,14,17H,5,7,9-12H2,1-2H3/t14-,17-/m0/s1. The van der Waals surface area contributed by atoms with Gasteiger partial charge in [-0.25, -0.2) is 0 Å². The highest BCUT2D eigenvalue weighted by Crippen LogP contribution is 2.36. The highest BCUT2D eigenvalue weighted by atomic mass is 32.2. The summed E-state index contributed by atoms with van der Waals surface area (Å²) in [6.07, 6.45) is 4.77. The topological polar surface area (TPSA) is 56.8 Å². The summed E-state index contributed by atoms with van der Waals surface area (Å²) in [7, 11) is 3.97. The third-order valence-electron chi connectivity index (χ3n) is 4.89. The molecule has 2 saturated heterocycles. The van der Waals surface area contributed by atoms with Gasteiger partial charge in [-0.2, -0.15) is 0 Å². The highest BCUT2D eigenvalue weighted by molar-refractivity contribution is 8.00. The lowest BCUT2D eigenvalue weighted by atomic mass is 9.94. The van der Waals surface area contributed by atoms with Crippen molar-refractivity contribution < 1.29 is 9.59 Å². The van der Waals surface area contributed by atoms with Crippen molar-refractivity contribution in [1.29, 1.82) is 0 Å². The molecule has 2 aliphatic rings. The molecule has 6 nitrogen and oxygen atoms in total. The summed E-state index contributed by atoms with van der Waals surface area (Å²) in [5.41, 5.74) is 1.20. The van der Waals surface area contributed by atoms with Crippen LogP contribution in [0.15, 0.2) is 24.5 Å². The SMILES string of the molecule is CN(C[C@@H]1CCN(C)[C@H]1c1cccnc1)C(=O)CN1CSCC1=O. The molecule has 0 bridgehead atoms. The molecule has 0 radical (unpaired) electrons. The summed E-state index contributed by atoms with van der Waals surface area (Å²) in [6.45, 7) is 1.92. The minimum absolute atomic E-state index is 0.0188. The highest BCUT2D eigenvalue weighted by Gasteiger charge is 2.35. The Morgan fingerprint density at radius 1 is 1.50 bits per heavy atom. The number of nitrogens with zero attached hydrogens (tertiary/aromatic N) is 4. The van der Waals surface area contributed by atoms with E-state index < -0.39 is 0 Å². The molecule has 2 amide bonds. The molecule has 0 spiro atoms. The molecule has 130 valence electrons. The second-order valence-corrected chi connectivity index (χ2v) is 7.56. The van der Waals surface area contributed by atoms with Gasteiger partial charge in [0, 0.05) is 32.0 Å². The van der Waals surface area contributed by atoms with Gasteiger partial charge < -0.3 is 9.80 Å². The zero-order chi connectivity index (χ0) is 17.1. The van der Waals surface area contributed by atoms with Gasteiger partial charge in [-0.15, -0.1) is 11.8 Å². The second-order valence-electron chi connectivity index (χ2n) is 6.60. The number of hydrogen-bond donors (Lipinski definition) is 0. The largest absolute Gasteiger partial charge is 0.344 e. The van der Waals surface area contributed by atoms with Crippen molar-refractivity contribution in [2.75, 3.05) is 45.4 Å². The van der Waals surface area contributed by atoms with Crippen LogP contribution in [0.4, 0.5) is 0 Å². The first-order valence-corrected chi connectivity index (χ1v) is 9.41. The first-order valence-electron chi connectivity index (χ1n) is 8.26. The third kappa shape index (κ3) is 3.72. The zero-order valence-corrected chi connectivity index (χ0v) is 15.0. The molecule has 0 N–H and O–H groups in total. The lowest BCUT2D eigenvalue weighted by Crippen LogP contribution is -2.41. The van der Waals surface area contributed by atoms with Crippen LogP contribution in [0.1, 0.15) is 18.0 Å². The molecule has 7 heteroatoms. The Morgan fingerprint density at radius 3 is 3.00 bits per heavy atom. The Morgan fingerprint density at radius 2 is 2.33 bits per heavy atom. The first-order chi connectivity index (χ1) is 11.6. The molecule has 24 heavy (non-hydrogen) atoms. The number of hydrogen-bond acceptors (Lipinski definition) is 5. The van der Waals surface area contributed by atoms with E-state index in [9.17, 15) is 9.59 Å². The van der Waals surface area contributed by atoms with Crippen LogP contribution >= 0.6 is 11.8 Å². The Balaban J connectivity index is 1.61. The number of carbonyl (C=O) groups excluding carboxylic acids is 2. The average molecular weight is 348 g/mol. The van der Waals surface area contributed by atoms with E-state index >= 15 is 0 Å². The van der Waals surface area contributed by atoms with E-state index in [1.54, 1.807) is 27.8 Å². The Labute approximate surface area is 147 Å². The smallest absolute Gasteiger partial charge is 0.241 e. The number of pyridine rings is 1. The molecule has 3 rings (SSSR count). The minimum atomic E-state index is 0.0188. The molecule has 0 aromatic carbocycles. The fourth-order valence-electron chi connectivity index (χ4n) is 3.57. The number of thioether (sulfide) groups is 1. The van der Waals surface area contributed by atoms with Gasteiger partial charge in [-0.3, -0.25) is 19.5 Å². The van der Waals surface area contributed by atoms with E-state index in [0.29, 0.717) is 24.1 Å². The van der Waals surface area contributed by atoms with Gasteiger partial charge in [0.2, 0.25) is 11.8 Å². The molecule has 0 aliphatic carbocycles. The van der Waals surface area contributed by atoms with Crippen LogP contribution < -0.4 is 0 Å². The predicted octanol–water partition coefficient (Wildman–Crippen LogP) is 1.07. The Hall–Kier alpha value is -1.60. The monoisotopic (exact) mass is 348 g/mol. The summed E-state index contributed by atoms with van der Waals surface area (Å²) in [5, 5.41) is 0. The third-order valence-corrected chi connectivity index (χ3v) is 5.83. The maximum absolute atomic E-state index is 12.5. The van der Waals surface area contributed by atoms with Crippen molar-refractivity contribution in [3.8, 4) is 0 Å². The lowest BCUT2D eigenvalue weighted by molar-refractivity contribution is -0.137. The number of carbonyl (C=O) groups is 2. The van der Waals surface area contributed by atoms with E-state index in [4.69, 9.17) is 0 Å². The number of amides is 2. The fraction of sp³-hybridized carbons (Fsp3) is 0.588. The number of rotatable bonds is 5. The molecule has 3 heterocycles. The molecule has 1 aromatic heterocycles. The number of likely N-dealkylation sites (N-methyl/N-ethyl adjacent to an activating group) is 1. The second kappa shape index (κ2) is 7.53. The van der Waals surface area contributed by atoms with Gasteiger partial charge in [0.1, 0.15) is 6.54 Å². The van der Waals surface area contributed by atoms with Crippen LogP contribution in [0.5, 0.6) is 0 Å². The summed E-state index contributed by atoms with van der Waals surface area (Å²) in [6, 6.07) is 4.36. The van der Waals surface area contributed by atoms with Crippen LogP contribution in [0.2, 0.25) is 0 Å². The van der Waals surface area contributed by atoms with Gasteiger partial charge in [-0.1, -0.05) is 6.07 Å². The molecule has 2 fully saturated rings. The lowest BCUT2D eigenvalue weighted by Gasteiger charge is -2.29. The van der Waals surface area contributed by atoms with Gasteiger partial charge in [-0.05, 0) is 37.6 Å². The predicted molar refractivity (Wildman–Crippen MR) is 94.4 cm³/mol. The van der Waals surface area contributed by atoms with Gasteiger partial charge in [0.05, 0.1) is 11.6 Å². The molecular weight excluding hydrogens is 324 g/mol. The van der Waals surface area contributed by atoms with Gasteiger partial charge in [0.15, 0.2) is 0 Å². The maximum atomic E-state index is 12.5. The fourth-order valence-corrected chi connectivity index (χ4v) is 4.48. The Bertz CT molecular complexity index is 598. The summed E-state index contributed by atoms with van der Waals surface area (Å²) in [5.74, 6) is 1.59. The van der Waals surface area contributed by atoms with Crippen LogP contribution in [0.25, 0.3) is 0 Å². The van der Waals surface area contributed by atoms with Crippen molar-refractivity contribution in [3.63, 3.8) is 0 Å². The van der Waals surface area contributed by atoms with Crippen LogP contribution in [-0.2, 0) is 9.59 Å². The van der Waals surface area contributed by atoms with Crippen molar-refractivity contribution in [3.05, 3.63) is 30.1 Å². The zero-order valence-electron chi connectivity index (χ0n) is 14.2. The molecular formula is C17H24N4O2S. The molecule has 2 aliphatic heterocycles. The minimum Gasteiger partial charge on any atom is -0.344 e. The quantitative estimate of drug-likeness (QED) is 0.797. The van der Waals surface area contributed by atoms with E-state index in [-0.39, 0.29) is 24.4 Å². The molecule has 2 atom stereocenters. The van der Waals surface area contributed by atoms with Gasteiger partial charge >= 0.3 is 0 Å². The summed E-state index contributed by atoms with van der Waals surface area (Å²) >= 11 is 1.57. The van der Waals surface area contributed by atoms with E-state index in [1.807, 2.05) is 19.3 Å². The van der Waals surface area contributed by atoms with E-state index in [2.05, 4.69) is 23.0 Å². The molecule has 1 aromatic rings. The number of aromatic nitrogens is 1. The van der Waals surface area contributed by atoms with Crippen LogP contribution in [0.3, 0.4) is 0 Å². The molecule has 0 unspecified atom stereocenters. The van der Waals surface area contributed by atoms with Crippen LogP contribution in [-0.4, -0.2) is 76.9 Å². The van der Waals surface area contributed by atoms with Crippen molar-refractivity contribution in [2.24, 2.45) is 5.92 Å². The van der Waals surface area contributed by atoms with Crippen molar-refractivity contribution in [1.82, 2.24) is 19.7 Å². The normalized spacial score (nSPS) is 24.6.